The van der Waals surface area contributed by atoms with E-state index in [9.17, 15) is 8.78 Å². The average Bonchev–Trinajstić information content (AvgIpc) is 2.86. The van der Waals surface area contributed by atoms with Gasteiger partial charge in [0.15, 0.2) is 0 Å². The first-order chi connectivity index (χ1) is 10.5. The standard InChI is InChI=1S/C15H18F2N4S/c1-10-8-21(15-18-11(2)19-22-15)4-3-20(10)9-12-5-13(16)7-14(17)6-12/h5-7,10H,3-4,8-9H2,1-2H3. The van der Waals surface area contributed by atoms with Crippen molar-refractivity contribution in [2.75, 3.05) is 24.5 Å². The maximum absolute atomic E-state index is 13.3. The monoisotopic (exact) mass is 324 g/mol. The second-order valence-corrected chi connectivity index (χ2v) is 6.40. The molecule has 1 atom stereocenters. The van der Waals surface area contributed by atoms with Gasteiger partial charge in [-0.3, -0.25) is 4.90 Å². The molecule has 0 aliphatic carbocycles. The Morgan fingerprint density at radius 2 is 1.95 bits per heavy atom. The Labute approximate surface area is 132 Å². The summed E-state index contributed by atoms with van der Waals surface area (Å²) in [6, 6.07) is 3.99. The number of hydrogen-bond donors (Lipinski definition) is 0. The Morgan fingerprint density at radius 1 is 1.23 bits per heavy atom. The summed E-state index contributed by atoms with van der Waals surface area (Å²) in [6.45, 7) is 7.08. The van der Waals surface area contributed by atoms with Crippen LogP contribution in [0.3, 0.4) is 0 Å². The minimum absolute atomic E-state index is 0.282. The van der Waals surface area contributed by atoms with Gasteiger partial charge in [-0.1, -0.05) is 0 Å². The number of aromatic nitrogens is 2. The maximum Gasteiger partial charge on any atom is 0.205 e. The Morgan fingerprint density at radius 3 is 2.55 bits per heavy atom. The molecule has 1 aliphatic rings. The van der Waals surface area contributed by atoms with Gasteiger partial charge in [0.25, 0.3) is 0 Å². The second-order valence-electron chi connectivity index (χ2n) is 5.67. The molecule has 22 heavy (non-hydrogen) atoms. The minimum Gasteiger partial charge on any atom is -0.344 e. The van der Waals surface area contributed by atoms with Crippen molar-refractivity contribution in [2.24, 2.45) is 0 Å². The molecule has 1 fully saturated rings. The maximum atomic E-state index is 13.3. The smallest absolute Gasteiger partial charge is 0.205 e. The first-order valence-corrected chi connectivity index (χ1v) is 8.03. The number of hydrogen-bond acceptors (Lipinski definition) is 5. The van der Waals surface area contributed by atoms with Gasteiger partial charge in [-0.05, 0) is 31.5 Å². The van der Waals surface area contributed by atoms with E-state index in [1.165, 1.54) is 23.7 Å². The van der Waals surface area contributed by atoms with E-state index >= 15 is 0 Å². The van der Waals surface area contributed by atoms with E-state index in [0.717, 1.165) is 36.7 Å². The number of piperazine rings is 1. The van der Waals surface area contributed by atoms with E-state index in [-0.39, 0.29) is 6.04 Å². The lowest BCUT2D eigenvalue weighted by Crippen LogP contribution is -2.51. The highest BCUT2D eigenvalue weighted by Crippen LogP contribution is 2.22. The van der Waals surface area contributed by atoms with Crippen molar-refractivity contribution >= 4 is 16.7 Å². The lowest BCUT2D eigenvalue weighted by Gasteiger charge is -2.39. The van der Waals surface area contributed by atoms with Crippen LogP contribution >= 0.6 is 11.5 Å². The van der Waals surface area contributed by atoms with Crippen molar-refractivity contribution in [3.8, 4) is 0 Å². The molecule has 1 aromatic carbocycles. The molecule has 7 heteroatoms. The predicted molar refractivity (Wildman–Crippen MR) is 83.1 cm³/mol. The van der Waals surface area contributed by atoms with Gasteiger partial charge < -0.3 is 4.90 Å². The number of anilines is 1. The molecule has 1 saturated heterocycles. The molecule has 1 aromatic heterocycles. The molecular formula is C15H18F2N4S. The first kappa shape index (κ1) is 15.3. The van der Waals surface area contributed by atoms with Crippen LogP contribution in [0.15, 0.2) is 18.2 Å². The SMILES string of the molecule is Cc1nsc(N2CCN(Cc3cc(F)cc(F)c3)C(C)C2)n1. The lowest BCUT2D eigenvalue weighted by molar-refractivity contribution is 0.180. The van der Waals surface area contributed by atoms with E-state index in [2.05, 4.69) is 26.1 Å². The molecule has 2 aromatic rings. The fourth-order valence-corrected chi connectivity index (χ4v) is 3.46. The summed E-state index contributed by atoms with van der Waals surface area (Å²) in [7, 11) is 0. The van der Waals surface area contributed by atoms with Crippen LogP contribution < -0.4 is 4.90 Å². The summed E-state index contributed by atoms with van der Waals surface area (Å²) >= 11 is 1.41. The molecule has 3 rings (SSSR count). The predicted octanol–water partition coefficient (Wildman–Crippen LogP) is 2.84. The number of rotatable bonds is 3. The van der Waals surface area contributed by atoms with Crippen molar-refractivity contribution in [3.63, 3.8) is 0 Å². The third kappa shape index (κ3) is 3.41. The Hall–Kier alpha value is -1.60. The first-order valence-electron chi connectivity index (χ1n) is 7.25. The summed E-state index contributed by atoms with van der Waals surface area (Å²) in [5.74, 6) is -0.249. The van der Waals surface area contributed by atoms with Gasteiger partial charge in [-0.2, -0.15) is 4.37 Å². The number of benzene rings is 1. The molecule has 0 spiro atoms. The van der Waals surface area contributed by atoms with Crippen LogP contribution in [0.25, 0.3) is 0 Å². The summed E-state index contributed by atoms with van der Waals surface area (Å²) in [5.41, 5.74) is 0.671. The van der Waals surface area contributed by atoms with Crippen LogP contribution in [0.5, 0.6) is 0 Å². The van der Waals surface area contributed by atoms with E-state index in [1.54, 1.807) is 0 Å². The number of halogens is 2. The molecule has 0 radical (unpaired) electrons. The average molecular weight is 324 g/mol. The topological polar surface area (TPSA) is 32.3 Å². The van der Waals surface area contributed by atoms with Crippen LogP contribution in [0.1, 0.15) is 18.3 Å². The molecule has 1 unspecified atom stereocenters. The van der Waals surface area contributed by atoms with E-state index in [4.69, 9.17) is 0 Å². The molecule has 118 valence electrons. The molecule has 0 saturated carbocycles. The summed E-state index contributed by atoms with van der Waals surface area (Å²) in [4.78, 5) is 8.87. The zero-order chi connectivity index (χ0) is 15.7. The van der Waals surface area contributed by atoms with Gasteiger partial charge in [-0.25, -0.2) is 13.8 Å². The highest BCUT2D eigenvalue weighted by atomic mass is 32.1. The fourth-order valence-electron chi connectivity index (χ4n) is 2.76. The Kier molecular flexibility index (Phi) is 4.35. The van der Waals surface area contributed by atoms with Crippen LogP contribution in [0.2, 0.25) is 0 Å². The quantitative estimate of drug-likeness (QED) is 0.869. The molecule has 4 nitrogen and oxygen atoms in total. The minimum atomic E-state index is -0.523. The van der Waals surface area contributed by atoms with Crippen molar-refractivity contribution in [2.45, 2.75) is 26.4 Å². The number of nitrogens with zero attached hydrogens (tertiary/aromatic N) is 4. The van der Waals surface area contributed by atoms with Crippen LogP contribution in [0.4, 0.5) is 13.9 Å². The van der Waals surface area contributed by atoms with Gasteiger partial charge >= 0.3 is 0 Å². The van der Waals surface area contributed by atoms with Crippen LogP contribution in [-0.2, 0) is 6.54 Å². The van der Waals surface area contributed by atoms with E-state index in [1.807, 2.05) is 6.92 Å². The second kappa shape index (κ2) is 6.26. The van der Waals surface area contributed by atoms with Crippen molar-refractivity contribution in [1.29, 1.82) is 0 Å². The highest BCUT2D eigenvalue weighted by Gasteiger charge is 2.25. The van der Waals surface area contributed by atoms with E-state index < -0.39 is 11.6 Å². The molecule has 2 heterocycles. The summed E-state index contributed by atoms with van der Waals surface area (Å²) in [5, 5.41) is 0.945. The molecule has 0 N–H and O–H groups in total. The zero-order valence-electron chi connectivity index (χ0n) is 12.6. The van der Waals surface area contributed by atoms with E-state index in [0.29, 0.717) is 12.1 Å². The molecular weight excluding hydrogens is 306 g/mol. The molecule has 0 amide bonds. The van der Waals surface area contributed by atoms with Gasteiger partial charge in [0.2, 0.25) is 5.13 Å². The van der Waals surface area contributed by atoms with Gasteiger partial charge in [0.05, 0.1) is 0 Å². The van der Waals surface area contributed by atoms with Gasteiger partial charge in [0, 0.05) is 49.8 Å². The highest BCUT2D eigenvalue weighted by molar-refractivity contribution is 7.09. The molecule has 0 bridgehead atoms. The molecule has 1 aliphatic heterocycles. The third-order valence-corrected chi connectivity index (χ3v) is 4.73. The van der Waals surface area contributed by atoms with Crippen molar-refractivity contribution < 1.29 is 8.78 Å². The van der Waals surface area contributed by atoms with Crippen molar-refractivity contribution in [1.82, 2.24) is 14.3 Å². The van der Waals surface area contributed by atoms with Crippen LogP contribution in [-0.4, -0.2) is 39.9 Å². The third-order valence-electron chi connectivity index (χ3n) is 3.86. The van der Waals surface area contributed by atoms with Crippen LogP contribution in [0, 0.1) is 18.6 Å². The fraction of sp³-hybridized carbons (Fsp3) is 0.467. The summed E-state index contributed by atoms with van der Waals surface area (Å²) in [6.07, 6.45) is 0. The summed E-state index contributed by atoms with van der Waals surface area (Å²) < 4.78 is 30.8. The lowest BCUT2D eigenvalue weighted by atomic mass is 10.1. The largest absolute Gasteiger partial charge is 0.344 e. The normalized spacial score (nSPS) is 19.6. The van der Waals surface area contributed by atoms with Gasteiger partial charge in [-0.15, -0.1) is 0 Å². The Bertz CT molecular complexity index is 640. The Balaban J connectivity index is 1.65. The number of aryl methyl sites for hydroxylation is 1. The van der Waals surface area contributed by atoms with Gasteiger partial charge in [0.1, 0.15) is 17.5 Å². The van der Waals surface area contributed by atoms with Crippen molar-refractivity contribution in [3.05, 3.63) is 41.2 Å². The zero-order valence-corrected chi connectivity index (χ0v) is 13.4.